The summed E-state index contributed by atoms with van der Waals surface area (Å²) < 4.78 is 26.4. The van der Waals surface area contributed by atoms with Gasteiger partial charge in [0, 0.05) is 19.0 Å². The van der Waals surface area contributed by atoms with Gasteiger partial charge in [0.2, 0.25) is 15.9 Å². The lowest BCUT2D eigenvalue weighted by atomic mass is 9.83. The van der Waals surface area contributed by atoms with Gasteiger partial charge >= 0.3 is 0 Å². The number of piperidine rings is 1. The van der Waals surface area contributed by atoms with Crippen molar-refractivity contribution in [2.45, 2.75) is 45.1 Å². The molecule has 0 unspecified atom stereocenters. The second-order valence-corrected chi connectivity index (χ2v) is 10.3. The molecule has 0 bridgehead atoms. The third-order valence-corrected chi connectivity index (χ3v) is 8.01. The predicted octanol–water partition coefficient (Wildman–Crippen LogP) is 3.91. The number of nitrogens with zero attached hydrogens (tertiary/aromatic N) is 1. The van der Waals surface area contributed by atoms with Gasteiger partial charge < -0.3 is 5.32 Å². The molecule has 0 radical (unpaired) electrons. The van der Waals surface area contributed by atoms with E-state index in [9.17, 15) is 13.2 Å². The largest absolute Gasteiger partial charge is 0.343 e. The highest BCUT2D eigenvalue weighted by Gasteiger charge is 2.35. The van der Waals surface area contributed by atoms with Crippen LogP contribution in [0.4, 0.5) is 0 Å². The van der Waals surface area contributed by atoms with Crippen LogP contribution in [0.15, 0.2) is 60.7 Å². The molecule has 0 saturated carbocycles. The van der Waals surface area contributed by atoms with Crippen LogP contribution in [0.5, 0.6) is 0 Å². The van der Waals surface area contributed by atoms with Crippen LogP contribution < -0.4 is 5.32 Å². The lowest BCUT2D eigenvalue weighted by molar-refractivity contribution is -0.127. The molecule has 0 spiro atoms. The van der Waals surface area contributed by atoms with E-state index in [0.717, 1.165) is 17.5 Å². The van der Waals surface area contributed by atoms with Crippen LogP contribution in [0.1, 0.15) is 50.7 Å². The fraction of sp³-hybridized carbons (Fsp3) is 0.458. The molecule has 6 heteroatoms. The van der Waals surface area contributed by atoms with Gasteiger partial charge in [0.15, 0.2) is 0 Å². The second-order valence-electron chi connectivity index (χ2n) is 8.19. The molecule has 1 fully saturated rings. The number of amides is 1. The zero-order valence-electron chi connectivity index (χ0n) is 17.9. The quantitative estimate of drug-likeness (QED) is 0.693. The van der Waals surface area contributed by atoms with Gasteiger partial charge in [-0.2, -0.15) is 0 Å². The highest BCUT2D eigenvalue weighted by atomic mass is 32.2. The summed E-state index contributed by atoms with van der Waals surface area (Å²) in [5, 5.41) is 3.28. The summed E-state index contributed by atoms with van der Waals surface area (Å²) in [6.45, 7) is 4.84. The van der Waals surface area contributed by atoms with Gasteiger partial charge in [0.05, 0.1) is 11.3 Å². The van der Waals surface area contributed by atoms with Crippen LogP contribution in [0.3, 0.4) is 0 Å². The van der Waals surface area contributed by atoms with Gasteiger partial charge in [-0.15, -0.1) is 0 Å². The second kappa shape index (κ2) is 9.75. The standard InChI is InChI=1S/C24H32N2O3S/c1-3-4-19-30(28,29)26-17-15-20(16-18-26)23(27)25-24(2,21-11-7-5-8-12-21)22-13-9-6-10-14-22/h5-14,20H,3-4,15-19H2,1-2H3,(H,25,27). The normalized spacial score (nSPS) is 16.3. The SMILES string of the molecule is CCCCS(=O)(=O)N1CCC(C(=O)NC(C)(c2ccccc2)c2ccccc2)CC1. The number of carbonyl (C=O) groups is 1. The first-order valence-corrected chi connectivity index (χ1v) is 12.4. The van der Waals surface area contributed by atoms with Gasteiger partial charge in [0.1, 0.15) is 0 Å². The maximum atomic E-state index is 13.2. The average Bonchev–Trinajstić information content (AvgIpc) is 2.79. The molecule has 1 heterocycles. The van der Waals surface area contributed by atoms with Crippen molar-refractivity contribution in [1.29, 1.82) is 0 Å². The molecule has 1 aliphatic rings. The molecular weight excluding hydrogens is 396 g/mol. The van der Waals surface area contributed by atoms with E-state index in [1.807, 2.05) is 74.5 Å². The van der Waals surface area contributed by atoms with E-state index in [1.54, 1.807) is 4.31 Å². The average molecular weight is 429 g/mol. The minimum atomic E-state index is -3.21. The minimum absolute atomic E-state index is 0.0178. The van der Waals surface area contributed by atoms with Crippen molar-refractivity contribution in [1.82, 2.24) is 9.62 Å². The molecule has 1 aliphatic heterocycles. The molecule has 2 aromatic rings. The Morgan fingerprint density at radius 2 is 1.50 bits per heavy atom. The summed E-state index contributed by atoms with van der Waals surface area (Å²) in [5.74, 6) is -0.00864. The third-order valence-electron chi connectivity index (χ3n) is 6.05. The Morgan fingerprint density at radius 1 is 1.00 bits per heavy atom. The van der Waals surface area contributed by atoms with E-state index < -0.39 is 15.6 Å². The molecular formula is C24H32N2O3S. The number of unbranched alkanes of at least 4 members (excludes halogenated alkanes) is 1. The number of nitrogens with one attached hydrogen (secondary N) is 1. The number of sulfonamides is 1. The maximum Gasteiger partial charge on any atom is 0.224 e. The summed E-state index contributed by atoms with van der Waals surface area (Å²) in [4.78, 5) is 13.2. The maximum absolute atomic E-state index is 13.2. The van der Waals surface area contributed by atoms with Crippen molar-refractivity contribution in [3.63, 3.8) is 0 Å². The molecule has 3 rings (SSSR count). The number of rotatable bonds is 8. The molecule has 0 aromatic heterocycles. The molecule has 1 saturated heterocycles. The van der Waals surface area contributed by atoms with Crippen LogP contribution in [0, 0.1) is 5.92 Å². The lowest BCUT2D eigenvalue weighted by Gasteiger charge is -2.36. The van der Waals surface area contributed by atoms with Gasteiger partial charge in [-0.05, 0) is 37.3 Å². The fourth-order valence-electron chi connectivity index (χ4n) is 4.05. The van der Waals surface area contributed by atoms with Gasteiger partial charge in [-0.3, -0.25) is 4.79 Å². The van der Waals surface area contributed by atoms with Crippen molar-refractivity contribution >= 4 is 15.9 Å². The summed E-state index contributed by atoms with van der Waals surface area (Å²) in [6, 6.07) is 19.9. The van der Waals surface area contributed by atoms with Crippen molar-refractivity contribution in [3.8, 4) is 0 Å². The molecule has 0 aliphatic carbocycles. The zero-order valence-corrected chi connectivity index (χ0v) is 18.7. The zero-order chi connectivity index (χ0) is 21.6. The Hall–Kier alpha value is -2.18. The van der Waals surface area contributed by atoms with E-state index in [1.165, 1.54) is 0 Å². The van der Waals surface area contributed by atoms with Crippen LogP contribution >= 0.6 is 0 Å². The Bertz CT molecular complexity index is 882. The van der Waals surface area contributed by atoms with Crippen molar-refractivity contribution in [2.75, 3.05) is 18.8 Å². The molecule has 162 valence electrons. The number of benzene rings is 2. The van der Waals surface area contributed by atoms with Crippen molar-refractivity contribution in [3.05, 3.63) is 71.8 Å². The molecule has 5 nitrogen and oxygen atoms in total. The first-order chi connectivity index (χ1) is 14.4. The summed E-state index contributed by atoms with van der Waals surface area (Å²) in [7, 11) is -3.21. The highest BCUT2D eigenvalue weighted by Crippen LogP contribution is 2.30. The lowest BCUT2D eigenvalue weighted by Crippen LogP contribution is -2.49. The monoisotopic (exact) mass is 428 g/mol. The highest BCUT2D eigenvalue weighted by molar-refractivity contribution is 7.89. The Labute approximate surface area is 180 Å². The van der Waals surface area contributed by atoms with Crippen LogP contribution in [-0.2, 0) is 20.4 Å². The van der Waals surface area contributed by atoms with Gasteiger partial charge in [-0.25, -0.2) is 12.7 Å². The Morgan fingerprint density at radius 3 is 1.97 bits per heavy atom. The smallest absolute Gasteiger partial charge is 0.224 e. The third kappa shape index (κ3) is 5.10. The van der Waals surface area contributed by atoms with Crippen LogP contribution in [0.2, 0.25) is 0 Å². The molecule has 0 atom stereocenters. The molecule has 1 N–H and O–H groups in total. The first-order valence-electron chi connectivity index (χ1n) is 10.8. The van der Waals surface area contributed by atoms with E-state index >= 15 is 0 Å². The molecule has 30 heavy (non-hydrogen) atoms. The Balaban J connectivity index is 1.72. The van der Waals surface area contributed by atoms with E-state index in [0.29, 0.717) is 32.4 Å². The predicted molar refractivity (Wildman–Crippen MR) is 120 cm³/mol. The summed E-state index contributed by atoms with van der Waals surface area (Å²) in [5.41, 5.74) is 1.39. The van der Waals surface area contributed by atoms with Crippen molar-refractivity contribution < 1.29 is 13.2 Å². The number of hydrogen-bond acceptors (Lipinski definition) is 3. The number of hydrogen-bond donors (Lipinski definition) is 1. The molecule has 2 aromatic carbocycles. The van der Waals surface area contributed by atoms with Crippen LogP contribution in [-0.4, -0.2) is 37.5 Å². The topological polar surface area (TPSA) is 66.5 Å². The van der Waals surface area contributed by atoms with Crippen LogP contribution in [0.25, 0.3) is 0 Å². The Kier molecular flexibility index (Phi) is 7.32. The van der Waals surface area contributed by atoms with Gasteiger partial charge in [-0.1, -0.05) is 74.0 Å². The first kappa shape index (κ1) is 22.5. The van der Waals surface area contributed by atoms with Gasteiger partial charge in [0.25, 0.3) is 0 Å². The fourth-order valence-corrected chi connectivity index (χ4v) is 5.73. The number of carbonyl (C=O) groups excluding carboxylic acids is 1. The van der Waals surface area contributed by atoms with E-state index in [4.69, 9.17) is 0 Å². The minimum Gasteiger partial charge on any atom is -0.343 e. The summed E-state index contributed by atoms with van der Waals surface area (Å²) in [6.07, 6.45) is 2.64. The van der Waals surface area contributed by atoms with Crippen molar-refractivity contribution in [2.24, 2.45) is 5.92 Å². The summed E-state index contributed by atoms with van der Waals surface area (Å²) >= 11 is 0. The van der Waals surface area contributed by atoms with E-state index in [2.05, 4.69) is 5.32 Å². The molecule has 1 amide bonds. The van der Waals surface area contributed by atoms with E-state index in [-0.39, 0.29) is 17.6 Å².